The van der Waals surface area contributed by atoms with Gasteiger partial charge in [0.25, 0.3) is 0 Å². The molecule has 5 nitrogen and oxygen atoms in total. The van der Waals surface area contributed by atoms with Crippen LogP contribution in [0, 0.1) is 11.8 Å². The summed E-state index contributed by atoms with van der Waals surface area (Å²) in [4.78, 5) is 22.8. The summed E-state index contributed by atoms with van der Waals surface area (Å²) in [5, 5.41) is 20.9. The molecule has 1 aliphatic rings. The summed E-state index contributed by atoms with van der Waals surface area (Å²) in [5.41, 5.74) is 1.04. The molecule has 1 saturated carbocycles. The Morgan fingerprint density at radius 3 is 2.40 bits per heavy atom. The van der Waals surface area contributed by atoms with E-state index in [-0.39, 0.29) is 23.5 Å². The third-order valence-corrected chi connectivity index (χ3v) is 3.80. The first-order valence-electron chi connectivity index (χ1n) is 6.84. The lowest BCUT2D eigenvalue weighted by atomic mass is 10.0. The number of rotatable bonds is 5. The molecule has 0 saturated heterocycles. The van der Waals surface area contributed by atoms with E-state index in [4.69, 9.17) is 10.2 Å². The Balaban J connectivity index is 1.73. The van der Waals surface area contributed by atoms with Crippen LogP contribution < -0.4 is 5.32 Å². The van der Waals surface area contributed by atoms with Gasteiger partial charge >= 0.3 is 5.97 Å². The van der Waals surface area contributed by atoms with Crippen molar-refractivity contribution in [3.05, 3.63) is 29.8 Å². The molecule has 1 amide bonds. The molecule has 2 unspecified atom stereocenters. The second kappa shape index (κ2) is 6.41. The molecule has 0 aliphatic heterocycles. The lowest BCUT2D eigenvalue weighted by Gasteiger charge is -2.10. The van der Waals surface area contributed by atoms with E-state index in [1.165, 1.54) is 0 Å². The highest BCUT2D eigenvalue weighted by atomic mass is 16.4. The van der Waals surface area contributed by atoms with Crippen LogP contribution in [0.5, 0.6) is 5.75 Å². The van der Waals surface area contributed by atoms with Gasteiger partial charge in [-0.3, -0.25) is 9.59 Å². The van der Waals surface area contributed by atoms with Gasteiger partial charge in [0, 0.05) is 12.5 Å². The van der Waals surface area contributed by atoms with Crippen LogP contribution >= 0.6 is 0 Å². The summed E-state index contributed by atoms with van der Waals surface area (Å²) >= 11 is 0. The van der Waals surface area contributed by atoms with Crippen molar-refractivity contribution < 1.29 is 19.8 Å². The van der Waals surface area contributed by atoms with E-state index in [1.807, 2.05) is 12.1 Å². The maximum atomic E-state index is 11.9. The van der Waals surface area contributed by atoms with E-state index in [2.05, 4.69) is 5.32 Å². The van der Waals surface area contributed by atoms with Crippen molar-refractivity contribution in [1.82, 2.24) is 5.32 Å². The van der Waals surface area contributed by atoms with Crippen LogP contribution in [-0.2, 0) is 16.0 Å². The Morgan fingerprint density at radius 2 is 1.80 bits per heavy atom. The molecule has 20 heavy (non-hydrogen) atoms. The van der Waals surface area contributed by atoms with Crippen LogP contribution in [-0.4, -0.2) is 28.6 Å². The molecule has 0 radical (unpaired) electrons. The van der Waals surface area contributed by atoms with Crippen molar-refractivity contribution in [2.24, 2.45) is 11.8 Å². The molecule has 1 aromatic rings. The predicted octanol–water partition coefficient (Wildman–Crippen LogP) is 1.55. The van der Waals surface area contributed by atoms with Crippen molar-refractivity contribution in [2.75, 3.05) is 6.54 Å². The first kappa shape index (κ1) is 14.4. The fourth-order valence-electron chi connectivity index (χ4n) is 2.58. The molecule has 108 valence electrons. The van der Waals surface area contributed by atoms with Gasteiger partial charge in [-0.1, -0.05) is 12.1 Å². The number of hydrogen-bond acceptors (Lipinski definition) is 3. The lowest BCUT2D eigenvalue weighted by molar-refractivity contribution is -0.141. The van der Waals surface area contributed by atoms with Gasteiger partial charge in [0.15, 0.2) is 0 Å². The Hall–Kier alpha value is -2.04. The van der Waals surface area contributed by atoms with E-state index >= 15 is 0 Å². The molecule has 2 atom stereocenters. The molecule has 0 bridgehead atoms. The number of hydrogen-bond donors (Lipinski definition) is 3. The number of carbonyl (C=O) groups is 2. The topological polar surface area (TPSA) is 86.6 Å². The molecule has 0 aromatic heterocycles. The van der Waals surface area contributed by atoms with Gasteiger partial charge in [0.05, 0.1) is 5.92 Å². The maximum absolute atomic E-state index is 11.9. The standard InChI is InChI=1S/C15H19NO4/c17-13-5-1-10(2-6-13)7-8-16-14(18)11-3-4-12(9-11)15(19)20/h1-2,5-6,11-12,17H,3-4,7-9H2,(H,16,18)(H,19,20). The van der Waals surface area contributed by atoms with Crippen molar-refractivity contribution in [3.8, 4) is 5.75 Å². The predicted molar refractivity (Wildman–Crippen MR) is 73.3 cm³/mol. The summed E-state index contributed by atoms with van der Waals surface area (Å²) in [6, 6.07) is 6.87. The number of amides is 1. The Morgan fingerprint density at radius 1 is 1.15 bits per heavy atom. The first-order chi connectivity index (χ1) is 9.56. The van der Waals surface area contributed by atoms with E-state index in [1.54, 1.807) is 12.1 Å². The van der Waals surface area contributed by atoms with Gasteiger partial charge in [0.1, 0.15) is 5.75 Å². The minimum Gasteiger partial charge on any atom is -0.508 e. The number of nitrogens with one attached hydrogen (secondary N) is 1. The summed E-state index contributed by atoms with van der Waals surface area (Å²) in [6.45, 7) is 0.526. The zero-order valence-electron chi connectivity index (χ0n) is 11.2. The molecule has 0 heterocycles. The first-order valence-corrected chi connectivity index (χ1v) is 6.84. The second-order valence-corrected chi connectivity index (χ2v) is 5.25. The molecule has 3 N–H and O–H groups in total. The summed E-state index contributed by atoms with van der Waals surface area (Å²) in [5.74, 6) is -1.17. The highest BCUT2D eigenvalue weighted by Gasteiger charge is 2.33. The number of phenolic OH excluding ortho intramolecular Hbond substituents is 1. The van der Waals surface area contributed by atoms with Gasteiger partial charge in [-0.05, 0) is 43.4 Å². The molecular weight excluding hydrogens is 258 g/mol. The smallest absolute Gasteiger partial charge is 0.306 e. The average Bonchev–Trinajstić information content (AvgIpc) is 2.91. The molecule has 5 heteroatoms. The fourth-order valence-corrected chi connectivity index (χ4v) is 2.58. The van der Waals surface area contributed by atoms with E-state index in [0.29, 0.717) is 32.2 Å². The Bertz CT molecular complexity index is 483. The van der Waals surface area contributed by atoms with E-state index < -0.39 is 5.97 Å². The summed E-state index contributed by atoms with van der Waals surface area (Å²) in [6.07, 6.45) is 2.38. The van der Waals surface area contributed by atoms with Crippen LogP contribution in [0.25, 0.3) is 0 Å². The highest BCUT2D eigenvalue weighted by molar-refractivity contribution is 5.80. The minimum atomic E-state index is -0.801. The highest BCUT2D eigenvalue weighted by Crippen LogP contribution is 2.31. The molecule has 1 fully saturated rings. The monoisotopic (exact) mass is 277 g/mol. The molecule has 1 aromatic carbocycles. The number of aromatic hydroxyl groups is 1. The number of carboxylic acid groups (broad SMARTS) is 1. The third kappa shape index (κ3) is 3.73. The molecule has 1 aliphatic carbocycles. The molecular formula is C15H19NO4. The number of benzene rings is 1. The number of carboxylic acids is 1. The van der Waals surface area contributed by atoms with Gasteiger partial charge in [0.2, 0.25) is 5.91 Å². The summed E-state index contributed by atoms with van der Waals surface area (Å²) < 4.78 is 0. The van der Waals surface area contributed by atoms with Gasteiger partial charge in [-0.15, -0.1) is 0 Å². The number of carbonyl (C=O) groups excluding carboxylic acids is 1. The number of aliphatic carboxylic acids is 1. The Labute approximate surface area is 117 Å². The SMILES string of the molecule is O=C(O)C1CCC(C(=O)NCCc2ccc(O)cc2)C1. The molecule has 0 spiro atoms. The van der Waals surface area contributed by atoms with Gasteiger partial charge in [-0.2, -0.15) is 0 Å². The Kier molecular flexibility index (Phi) is 4.61. The van der Waals surface area contributed by atoms with Crippen molar-refractivity contribution in [1.29, 1.82) is 0 Å². The average molecular weight is 277 g/mol. The van der Waals surface area contributed by atoms with Crippen LogP contribution in [0.3, 0.4) is 0 Å². The second-order valence-electron chi connectivity index (χ2n) is 5.25. The van der Waals surface area contributed by atoms with E-state index in [9.17, 15) is 9.59 Å². The van der Waals surface area contributed by atoms with Crippen LogP contribution in [0.2, 0.25) is 0 Å². The molecule has 2 rings (SSSR count). The van der Waals surface area contributed by atoms with Crippen molar-refractivity contribution in [3.63, 3.8) is 0 Å². The lowest BCUT2D eigenvalue weighted by Crippen LogP contribution is -2.31. The van der Waals surface area contributed by atoms with Gasteiger partial charge < -0.3 is 15.5 Å². The zero-order chi connectivity index (χ0) is 14.5. The van der Waals surface area contributed by atoms with Crippen molar-refractivity contribution in [2.45, 2.75) is 25.7 Å². The van der Waals surface area contributed by atoms with E-state index in [0.717, 1.165) is 5.56 Å². The van der Waals surface area contributed by atoms with Crippen LogP contribution in [0.15, 0.2) is 24.3 Å². The van der Waals surface area contributed by atoms with Crippen molar-refractivity contribution >= 4 is 11.9 Å². The fraction of sp³-hybridized carbons (Fsp3) is 0.467. The normalized spacial score (nSPS) is 21.6. The minimum absolute atomic E-state index is 0.0486. The maximum Gasteiger partial charge on any atom is 0.306 e. The van der Waals surface area contributed by atoms with Gasteiger partial charge in [-0.25, -0.2) is 0 Å². The number of phenols is 1. The van der Waals surface area contributed by atoms with Crippen LogP contribution in [0.4, 0.5) is 0 Å². The summed E-state index contributed by atoms with van der Waals surface area (Å²) in [7, 11) is 0. The zero-order valence-corrected chi connectivity index (χ0v) is 11.2. The largest absolute Gasteiger partial charge is 0.508 e. The van der Waals surface area contributed by atoms with Crippen LogP contribution in [0.1, 0.15) is 24.8 Å². The quantitative estimate of drug-likeness (QED) is 0.762. The third-order valence-electron chi connectivity index (χ3n) is 3.80.